The number of rotatable bonds is 6. The summed E-state index contributed by atoms with van der Waals surface area (Å²) in [6.07, 6.45) is 0. The van der Waals surface area contributed by atoms with Crippen molar-refractivity contribution in [2.75, 3.05) is 19.0 Å². The SMILES string of the molecule is COc1cc(F)ccc1NC(=O)N(Cc1ccccc1)CC(C)(C)O. The summed E-state index contributed by atoms with van der Waals surface area (Å²) in [5.74, 6) is -0.219. The van der Waals surface area contributed by atoms with Crippen LogP contribution in [0.2, 0.25) is 0 Å². The monoisotopic (exact) mass is 346 g/mol. The van der Waals surface area contributed by atoms with Crippen molar-refractivity contribution in [2.24, 2.45) is 0 Å². The Labute approximate surface area is 147 Å². The summed E-state index contributed by atoms with van der Waals surface area (Å²) in [4.78, 5) is 14.2. The van der Waals surface area contributed by atoms with Gasteiger partial charge >= 0.3 is 6.03 Å². The molecule has 0 heterocycles. The van der Waals surface area contributed by atoms with Gasteiger partial charge in [-0.1, -0.05) is 30.3 Å². The molecule has 5 nitrogen and oxygen atoms in total. The minimum Gasteiger partial charge on any atom is -0.494 e. The van der Waals surface area contributed by atoms with Crippen LogP contribution in [0.5, 0.6) is 5.75 Å². The second kappa shape index (κ2) is 7.98. The molecule has 0 aliphatic rings. The molecule has 0 saturated carbocycles. The highest BCUT2D eigenvalue weighted by Crippen LogP contribution is 2.25. The number of benzene rings is 2. The maximum atomic E-state index is 13.3. The highest BCUT2D eigenvalue weighted by Gasteiger charge is 2.23. The third-order valence-electron chi connectivity index (χ3n) is 3.49. The van der Waals surface area contributed by atoms with E-state index in [0.717, 1.165) is 5.56 Å². The highest BCUT2D eigenvalue weighted by atomic mass is 19.1. The Morgan fingerprint density at radius 1 is 1.24 bits per heavy atom. The van der Waals surface area contributed by atoms with Crippen LogP contribution in [0.4, 0.5) is 14.9 Å². The van der Waals surface area contributed by atoms with Gasteiger partial charge in [0, 0.05) is 12.6 Å². The maximum Gasteiger partial charge on any atom is 0.322 e. The van der Waals surface area contributed by atoms with Crippen molar-refractivity contribution in [3.8, 4) is 5.75 Å². The molecule has 6 heteroatoms. The first-order chi connectivity index (χ1) is 11.8. The Balaban J connectivity index is 2.20. The van der Waals surface area contributed by atoms with E-state index in [1.54, 1.807) is 13.8 Å². The van der Waals surface area contributed by atoms with E-state index in [-0.39, 0.29) is 12.3 Å². The molecule has 2 N–H and O–H groups in total. The Hall–Kier alpha value is -2.60. The highest BCUT2D eigenvalue weighted by molar-refractivity contribution is 5.91. The average Bonchev–Trinajstić information content (AvgIpc) is 2.55. The number of anilines is 1. The Kier molecular flexibility index (Phi) is 5.98. The molecule has 0 radical (unpaired) electrons. The van der Waals surface area contributed by atoms with E-state index in [2.05, 4.69) is 5.32 Å². The molecule has 134 valence electrons. The first-order valence-electron chi connectivity index (χ1n) is 7.94. The van der Waals surface area contributed by atoms with Gasteiger partial charge in [-0.25, -0.2) is 9.18 Å². The zero-order valence-electron chi connectivity index (χ0n) is 14.6. The van der Waals surface area contributed by atoms with Crippen LogP contribution in [-0.2, 0) is 6.54 Å². The Bertz CT molecular complexity index is 714. The lowest BCUT2D eigenvalue weighted by Crippen LogP contribution is -2.43. The molecule has 0 bridgehead atoms. The number of amides is 2. The van der Waals surface area contributed by atoms with Crippen molar-refractivity contribution >= 4 is 11.7 Å². The summed E-state index contributed by atoms with van der Waals surface area (Å²) >= 11 is 0. The van der Waals surface area contributed by atoms with E-state index in [9.17, 15) is 14.3 Å². The third-order valence-corrected chi connectivity index (χ3v) is 3.49. The summed E-state index contributed by atoms with van der Waals surface area (Å²) in [5.41, 5.74) is 0.245. The largest absolute Gasteiger partial charge is 0.494 e. The van der Waals surface area contributed by atoms with Gasteiger partial charge in [-0.3, -0.25) is 0 Å². The van der Waals surface area contributed by atoms with Crippen LogP contribution in [0.15, 0.2) is 48.5 Å². The zero-order chi connectivity index (χ0) is 18.4. The van der Waals surface area contributed by atoms with Crippen LogP contribution in [0.1, 0.15) is 19.4 Å². The number of hydrogen-bond donors (Lipinski definition) is 2. The number of hydrogen-bond acceptors (Lipinski definition) is 3. The topological polar surface area (TPSA) is 61.8 Å². The van der Waals surface area contributed by atoms with Crippen molar-refractivity contribution in [1.82, 2.24) is 4.90 Å². The lowest BCUT2D eigenvalue weighted by atomic mass is 10.1. The van der Waals surface area contributed by atoms with Crippen LogP contribution in [-0.4, -0.2) is 35.3 Å². The third kappa shape index (κ3) is 5.76. The lowest BCUT2D eigenvalue weighted by molar-refractivity contribution is 0.0469. The molecule has 0 saturated heterocycles. The molecule has 2 rings (SSSR count). The minimum atomic E-state index is -1.06. The number of ether oxygens (including phenoxy) is 1. The van der Waals surface area contributed by atoms with Gasteiger partial charge in [-0.05, 0) is 31.5 Å². The standard InChI is InChI=1S/C19H23FN2O3/c1-19(2,24)13-22(12-14-7-5-4-6-8-14)18(23)21-16-10-9-15(20)11-17(16)25-3/h4-11,24H,12-13H2,1-3H3,(H,21,23). The van der Waals surface area contributed by atoms with Gasteiger partial charge in [0.05, 0.1) is 24.9 Å². The van der Waals surface area contributed by atoms with E-state index in [0.29, 0.717) is 12.2 Å². The van der Waals surface area contributed by atoms with E-state index < -0.39 is 17.4 Å². The summed E-state index contributed by atoms with van der Waals surface area (Å²) < 4.78 is 18.4. The van der Waals surface area contributed by atoms with Gasteiger partial charge in [0.25, 0.3) is 0 Å². The predicted molar refractivity (Wildman–Crippen MR) is 95.1 cm³/mol. The second-order valence-corrected chi connectivity index (χ2v) is 6.43. The fourth-order valence-corrected chi connectivity index (χ4v) is 2.43. The lowest BCUT2D eigenvalue weighted by Gasteiger charge is -2.29. The van der Waals surface area contributed by atoms with Gasteiger partial charge in [0.2, 0.25) is 0 Å². The van der Waals surface area contributed by atoms with Crippen LogP contribution in [0.3, 0.4) is 0 Å². The second-order valence-electron chi connectivity index (χ2n) is 6.43. The number of nitrogens with zero attached hydrogens (tertiary/aromatic N) is 1. The maximum absolute atomic E-state index is 13.3. The number of carbonyl (C=O) groups is 1. The summed E-state index contributed by atoms with van der Waals surface area (Å²) in [6.45, 7) is 3.74. The van der Waals surface area contributed by atoms with Gasteiger partial charge < -0.3 is 20.1 Å². The molecule has 0 atom stereocenters. The smallest absolute Gasteiger partial charge is 0.322 e. The molecule has 0 aliphatic carbocycles. The van der Waals surface area contributed by atoms with Crippen molar-refractivity contribution in [1.29, 1.82) is 0 Å². The number of methoxy groups -OCH3 is 1. The number of aliphatic hydroxyl groups is 1. The van der Waals surface area contributed by atoms with E-state index in [1.165, 1.54) is 30.2 Å². The Morgan fingerprint density at radius 2 is 1.92 bits per heavy atom. The van der Waals surface area contributed by atoms with Crippen LogP contribution in [0, 0.1) is 5.82 Å². The summed E-state index contributed by atoms with van der Waals surface area (Å²) in [6, 6.07) is 13.0. The van der Waals surface area contributed by atoms with Gasteiger partial charge in [0.1, 0.15) is 11.6 Å². The molecule has 0 aliphatic heterocycles. The quantitative estimate of drug-likeness (QED) is 0.839. The van der Waals surface area contributed by atoms with E-state index in [1.807, 2.05) is 30.3 Å². The summed E-state index contributed by atoms with van der Waals surface area (Å²) in [7, 11) is 1.41. The molecule has 0 spiro atoms. The summed E-state index contributed by atoms with van der Waals surface area (Å²) in [5, 5.41) is 12.8. The number of carbonyl (C=O) groups excluding carboxylic acids is 1. The molecular weight excluding hydrogens is 323 g/mol. The van der Waals surface area contributed by atoms with Gasteiger partial charge in [-0.2, -0.15) is 0 Å². The number of halogens is 1. The normalized spacial score (nSPS) is 11.1. The molecule has 2 aromatic carbocycles. The molecule has 25 heavy (non-hydrogen) atoms. The van der Waals surface area contributed by atoms with Crippen molar-refractivity contribution < 1.29 is 19.0 Å². The van der Waals surface area contributed by atoms with Crippen LogP contribution < -0.4 is 10.1 Å². The van der Waals surface area contributed by atoms with Gasteiger partial charge in [-0.15, -0.1) is 0 Å². The minimum absolute atomic E-state index is 0.136. The fraction of sp³-hybridized carbons (Fsp3) is 0.316. The first-order valence-corrected chi connectivity index (χ1v) is 7.94. The van der Waals surface area contributed by atoms with Crippen LogP contribution >= 0.6 is 0 Å². The first kappa shape index (κ1) is 18.7. The van der Waals surface area contributed by atoms with Crippen molar-refractivity contribution in [2.45, 2.75) is 26.0 Å². The molecule has 2 aromatic rings. The van der Waals surface area contributed by atoms with E-state index >= 15 is 0 Å². The van der Waals surface area contributed by atoms with E-state index in [4.69, 9.17) is 4.74 Å². The van der Waals surface area contributed by atoms with Gasteiger partial charge in [0.15, 0.2) is 0 Å². The number of nitrogens with one attached hydrogen (secondary N) is 1. The molecule has 0 fully saturated rings. The molecular formula is C19H23FN2O3. The van der Waals surface area contributed by atoms with Crippen molar-refractivity contribution in [3.05, 3.63) is 59.9 Å². The van der Waals surface area contributed by atoms with Crippen LogP contribution in [0.25, 0.3) is 0 Å². The number of urea groups is 1. The zero-order valence-corrected chi connectivity index (χ0v) is 14.6. The molecule has 2 amide bonds. The molecule has 0 unspecified atom stereocenters. The predicted octanol–water partition coefficient (Wildman–Crippen LogP) is 3.64. The van der Waals surface area contributed by atoms with Crippen molar-refractivity contribution in [3.63, 3.8) is 0 Å². The Morgan fingerprint density at radius 3 is 2.52 bits per heavy atom. The molecule has 0 aromatic heterocycles. The average molecular weight is 346 g/mol. The fourth-order valence-electron chi connectivity index (χ4n) is 2.43.